The van der Waals surface area contributed by atoms with E-state index in [4.69, 9.17) is 9.47 Å². The van der Waals surface area contributed by atoms with Gasteiger partial charge in [0.25, 0.3) is 0 Å². The van der Waals surface area contributed by atoms with Crippen molar-refractivity contribution in [2.75, 3.05) is 0 Å². The first-order valence-electron chi connectivity index (χ1n) is 4.97. The summed E-state index contributed by atoms with van der Waals surface area (Å²) in [7, 11) is 0. The van der Waals surface area contributed by atoms with Crippen molar-refractivity contribution in [3.05, 3.63) is 35.9 Å². The Morgan fingerprint density at radius 1 is 1.25 bits per heavy atom. The van der Waals surface area contributed by atoms with Gasteiger partial charge in [0.05, 0.1) is 0 Å². The normalized spacial score (nSPS) is 11.6. The van der Waals surface area contributed by atoms with Gasteiger partial charge < -0.3 is 9.47 Å². The summed E-state index contributed by atoms with van der Waals surface area (Å²) in [6, 6.07) is 9.24. The molecule has 0 aliphatic heterocycles. The molecule has 1 rings (SSSR count). The summed E-state index contributed by atoms with van der Waals surface area (Å²) in [6.45, 7) is 3.01. The maximum atomic E-state index is 11.1. The Hall–Kier alpha value is -1.84. The van der Waals surface area contributed by atoms with Crippen LogP contribution in [0.2, 0.25) is 0 Å². The second-order valence-corrected chi connectivity index (χ2v) is 3.40. The molecule has 1 atom stereocenters. The predicted molar refractivity (Wildman–Crippen MR) is 57.9 cm³/mol. The number of carbonyl (C=O) groups is 2. The molecule has 0 radical (unpaired) electrons. The molecular weight excluding hydrogens is 208 g/mol. The molecule has 0 aliphatic carbocycles. The predicted octanol–water partition coefficient (Wildman–Crippen LogP) is 2.32. The molecule has 1 aromatic rings. The summed E-state index contributed by atoms with van der Waals surface area (Å²) in [5.74, 6) is -0.211. The van der Waals surface area contributed by atoms with Crippen LogP contribution in [0.4, 0.5) is 4.79 Å². The lowest BCUT2D eigenvalue weighted by Gasteiger charge is -2.09. The van der Waals surface area contributed by atoms with Crippen molar-refractivity contribution in [3.63, 3.8) is 0 Å². The topological polar surface area (TPSA) is 52.6 Å². The van der Waals surface area contributed by atoms with Crippen molar-refractivity contribution in [1.82, 2.24) is 0 Å². The van der Waals surface area contributed by atoms with Gasteiger partial charge in [-0.15, -0.1) is 0 Å². The summed E-state index contributed by atoms with van der Waals surface area (Å²) in [6.07, 6.45) is -1.59. The van der Waals surface area contributed by atoms with Crippen LogP contribution in [0.5, 0.6) is 0 Å². The van der Waals surface area contributed by atoms with Crippen molar-refractivity contribution in [1.29, 1.82) is 0 Å². The minimum atomic E-state index is -0.827. The van der Waals surface area contributed by atoms with Gasteiger partial charge in [0.2, 0.25) is 0 Å². The quantitative estimate of drug-likeness (QED) is 0.733. The van der Waals surface area contributed by atoms with Crippen LogP contribution in [0.3, 0.4) is 0 Å². The number of hydrogen-bond donors (Lipinski definition) is 0. The van der Waals surface area contributed by atoms with Gasteiger partial charge in [-0.2, -0.15) is 0 Å². The molecule has 4 nitrogen and oxygen atoms in total. The Bertz CT molecular complexity index is 359. The highest BCUT2D eigenvalue weighted by molar-refractivity contribution is 5.81. The third-order valence-electron chi connectivity index (χ3n) is 2.05. The zero-order chi connectivity index (χ0) is 12.0. The number of rotatable bonds is 4. The molecule has 0 fully saturated rings. The Morgan fingerprint density at radius 3 is 2.44 bits per heavy atom. The minimum absolute atomic E-state index is 0.143. The van der Waals surface area contributed by atoms with Crippen LogP contribution in [-0.2, 0) is 20.9 Å². The van der Waals surface area contributed by atoms with Gasteiger partial charge >= 0.3 is 6.16 Å². The fraction of sp³-hybridized carbons (Fsp3) is 0.333. The maximum absolute atomic E-state index is 11.1. The standard InChI is InChI=1S/C12H14O4/c1-9(13)10(2)16-12(14)15-8-11-6-4-3-5-7-11/h3-7,10H,8H2,1-2H3. The summed E-state index contributed by atoms with van der Waals surface area (Å²) < 4.78 is 9.56. The number of Topliss-reactive ketones (excluding diaryl/α,β-unsaturated/α-hetero) is 1. The molecule has 1 aromatic carbocycles. The lowest BCUT2D eigenvalue weighted by molar-refractivity contribution is -0.125. The van der Waals surface area contributed by atoms with Crippen molar-refractivity contribution in [2.45, 2.75) is 26.6 Å². The van der Waals surface area contributed by atoms with Gasteiger partial charge in [0.15, 0.2) is 11.9 Å². The Morgan fingerprint density at radius 2 is 1.88 bits per heavy atom. The highest BCUT2D eigenvalue weighted by Gasteiger charge is 2.14. The van der Waals surface area contributed by atoms with E-state index in [-0.39, 0.29) is 12.4 Å². The number of carbonyl (C=O) groups excluding carboxylic acids is 2. The fourth-order valence-electron chi connectivity index (χ4n) is 0.978. The van der Waals surface area contributed by atoms with Crippen molar-refractivity contribution < 1.29 is 19.1 Å². The van der Waals surface area contributed by atoms with Gasteiger partial charge in [-0.1, -0.05) is 30.3 Å². The largest absolute Gasteiger partial charge is 0.509 e. The van der Waals surface area contributed by atoms with Gasteiger partial charge in [-0.3, -0.25) is 4.79 Å². The molecule has 86 valence electrons. The lowest BCUT2D eigenvalue weighted by atomic mass is 10.2. The first-order chi connectivity index (χ1) is 7.59. The molecule has 0 aromatic heterocycles. The number of ether oxygens (including phenoxy) is 2. The van der Waals surface area contributed by atoms with E-state index >= 15 is 0 Å². The van der Waals surface area contributed by atoms with Crippen LogP contribution < -0.4 is 0 Å². The van der Waals surface area contributed by atoms with Crippen LogP contribution in [0.1, 0.15) is 19.4 Å². The molecule has 0 bridgehead atoms. The van der Waals surface area contributed by atoms with Gasteiger partial charge in [0, 0.05) is 0 Å². The van der Waals surface area contributed by atoms with Crippen molar-refractivity contribution >= 4 is 11.9 Å². The van der Waals surface area contributed by atoms with Crippen LogP contribution >= 0.6 is 0 Å². The molecule has 0 heterocycles. The molecule has 0 amide bonds. The Labute approximate surface area is 94.2 Å². The smallest absolute Gasteiger partial charge is 0.429 e. The van der Waals surface area contributed by atoms with E-state index in [2.05, 4.69) is 0 Å². The minimum Gasteiger partial charge on any atom is -0.429 e. The van der Waals surface area contributed by atoms with E-state index in [1.807, 2.05) is 30.3 Å². The number of hydrogen-bond acceptors (Lipinski definition) is 4. The third-order valence-corrected chi connectivity index (χ3v) is 2.05. The molecule has 0 spiro atoms. The second kappa shape index (κ2) is 5.90. The highest BCUT2D eigenvalue weighted by Crippen LogP contribution is 2.03. The van der Waals surface area contributed by atoms with Crippen LogP contribution in [0.25, 0.3) is 0 Å². The highest BCUT2D eigenvalue weighted by atomic mass is 16.7. The molecule has 0 N–H and O–H groups in total. The number of benzene rings is 1. The summed E-state index contributed by atoms with van der Waals surface area (Å²) in [5, 5.41) is 0. The van der Waals surface area contributed by atoms with Gasteiger partial charge in [0.1, 0.15) is 6.61 Å². The second-order valence-electron chi connectivity index (χ2n) is 3.40. The lowest BCUT2D eigenvalue weighted by Crippen LogP contribution is -2.22. The van der Waals surface area contributed by atoms with Crippen LogP contribution in [-0.4, -0.2) is 18.0 Å². The Kier molecular flexibility index (Phi) is 4.51. The summed E-state index contributed by atoms with van der Waals surface area (Å²) >= 11 is 0. The number of ketones is 1. The third kappa shape index (κ3) is 4.13. The average molecular weight is 222 g/mol. The van der Waals surface area contributed by atoms with Crippen molar-refractivity contribution in [2.24, 2.45) is 0 Å². The summed E-state index contributed by atoms with van der Waals surface area (Å²) in [5.41, 5.74) is 0.870. The van der Waals surface area contributed by atoms with Gasteiger partial charge in [-0.05, 0) is 19.4 Å². The van der Waals surface area contributed by atoms with E-state index in [0.717, 1.165) is 5.56 Å². The van der Waals surface area contributed by atoms with Crippen LogP contribution in [0, 0.1) is 0 Å². The van der Waals surface area contributed by atoms with Crippen molar-refractivity contribution in [3.8, 4) is 0 Å². The average Bonchev–Trinajstić information content (AvgIpc) is 2.27. The van der Waals surface area contributed by atoms with E-state index in [9.17, 15) is 9.59 Å². The Balaban J connectivity index is 2.33. The van der Waals surface area contributed by atoms with E-state index in [0.29, 0.717) is 0 Å². The molecule has 0 saturated heterocycles. The fourth-order valence-corrected chi connectivity index (χ4v) is 0.978. The zero-order valence-electron chi connectivity index (χ0n) is 9.30. The van der Waals surface area contributed by atoms with Crippen LogP contribution in [0.15, 0.2) is 30.3 Å². The first kappa shape index (κ1) is 12.2. The molecule has 1 unspecified atom stereocenters. The summed E-state index contributed by atoms with van der Waals surface area (Å²) in [4.78, 5) is 22.0. The molecular formula is C12H14O4. The van der Waals surface area contributed by atoms with E-state index < -0.39 is 12.3 Å². The first-order valence-corrected chi connectivity index (χ1v) is 4.97. The molecule has 4 heteroatoms. The monoisotopic (exact) mass is 222 g/mol. The van der Waals surface area contributed by atoms with E-state index in [1.54, 1.807) is 0 Å². The molecule has 0 aliphatic rings. The SMILES string of the molecule is CC(=O)C(C)OC(=O)OCc1ccccc1. The van der Waals surface area contributed by atoms with E-state index in [1.165, 1.54) is 13.8 Å². The zero-order valence-corrected chi connectivity index (χ0v) is 9.30. The molecule has 0 saturated carbocycles. The maximum Gasteiger partial charge on any atom is 0.509 e. The molecule has 16 heavy (non-hydrogen) atoms. The van der Waals surface area contributed by atoms with Gasteiger partial charge in [-0.25, -0.2) is 4.79 Å².